The first-order valence-electron chi connectivity index (χ1n) is 8.50. The van der Waals surface area contributed by atoms with Gasteiger partial charge in [-0.3, -0.25) is 0 Å². The molecule has 2 aliphatic rings. The maximum atomic E-state index is 5.78. The van der Waals surface area contributed by atoms with Crippen LogP contribution in [-0.2, 0) is 11.3 Å². The molecule has 0 radical (unpaired) electrons. The average Bonchev–Trinajstić information content (AvgIpc) is 3.21. The number of rotatable bonds is 5. The Bertz CT molecular complexity index is 451. The molecule has 1 saturated heterocycles. The van der Waals surface area contributed by atoms with Crippen LogP contribution in [0.1, 0.15) is 50.7 Å². The third kappa shape index (κ3) is 4.46. The largest absolute Gasteiger partial charge is 0.467 e. The molecule has 22 heavy (non-hydrogen) atoms. The fourth-order valence-electron chi connectivity index (χ4n) is 3.36. The molecule has 1 N–H and O–H groups in total. The molecule has 1 saturated carbocycles. The van der Waals surface area contributed by atoms with Crippen LogP contribution in [0.25, 0.3) is 0 Å². The van der Waals surface area contributed by atoms with Crippen molar-refractivity contribution in [2.45, 2.75) is 63.6 Å². The Balaban J connectivity index is 1.59. The van der Waals surface area contributed by atoms with Crippen LogP contribution in [0.5, 0.6) is 0 Å². The quantitative estimate of drug-likeness (QED) is 0.840. The minimum Gasteiger partial charge on any atom is -0.467 e. The Morgan fingerprint density at radius 3 is 2.77 bits per heavy atom. The SMILES string of the molecule is S=C(NC1CCCCC1)N(Cc1ccco1)CC1CCCO1. The fraction of sp³-hybridized carbons (Fsp3) is 0.706. The molecule has 2 heterocycles. The van der Waals surface area contributed by atoms with Crippen LogP contribution >= 0.6 is 12.2 Å². The zero-order valence-electron chi connectivity index (χ0n) is 13.1. The number of hydrogen-bond acceptors (Lipinski definition) is 3. The monoisotopic (exact) mass is 322 g/mol. The number of hydrogen-bond donors (Lipinski definition) is 1. The molecule has 4 nitrogen and oxygen atoms in total. The van der Waals surface area contributed by atoms with Crippen molar-refractivity contribution >= 4 is 17.3 Å². The molecule has 1 unspecified atom stereocenters. The van der Waals surface area contributed by atoms with Crippen molar-refractivity contribution in [3.05, 3.63) is 24.2 Å². The molecule has 1 aliphatic heterocycles. The lowest BCUT2D eigenvalue weighted by Crippen LogP contribution is -2.47. The van der Waals surface area contributed by atoms with E-state index >= 15 is 0 Å². The number of furan rings is 1. The highest BCUT2D eigenvalue weighted by Crippen LogP contribution is 2.19. The molecule has 5 heteroatoms. The van der Waals surface area contributed by atoms with Crippen molar-refractivity contribution in [1.29, 1.82) is 0 Å². The van der Waals surface area contributed by atoms with Crippen LogP contribution in [0.15, 0.2) is 22.8 Å². The van der Waals surface area contributed by atoms with Gasteiger partial charge < -0.3 is 19.4 Å². The predicted octanol–water partition coefficient (Wildman–Crippen LogP) is 3.47. The van der Waals surface area contributed by atoms with Gasteiger partial charge in [0.25, 0.3) is 0 Å². The van der Waals surface area contributed by atoms with Gasteiger partial charge >= 0.3 is 0 Å². The molecule has 0 amide bonds. The van der Waals surface area contributed by atoms with Crippen LogP contribution in [0, 0.1) is 0 Å². The highest BCUT2D eigenvalue weighted by Gasteiger charge is 2.23. The molecule has 0 aromatic carbocycles. The van der Waals surface area contributed by atoms with E-state index in [-0.39, 0.29) is 0 Å². The molecule has 0 spiro atoms. The van der Waals surface area contributed by atoms with E-state index in [2.05, 4.69) is 10.2 Å². The van der Waals surface area contributed by atoms with E-state index in [1.165, 1.54) is 32.1 Å². The molecule has 122 valence electrons. The molecule has 1 aliphatic carbocycles. The van der Waals surface area contributed by atoms with Gasteiger partial charge in [-0.25, -0.2) is 0 Å². The zero-order valence-corrected chi connectivity index (χ0v) is 13.9. The van der Waals surface area contributed by atoms with Crippen molar-refractivity contribution in [3.63, 3.8) is 0 Å². The summed E-state index contributed by atoms with van der Waals surface area (Å²) < 4.78 is 11.3. The molecule has 2 fully saturated rings. The van der Waals surface area contributed by atoms with E-state index in [1.54, 1.807) is 6.26 Å². The van der Waals surface area contributed by atoms with Crippen molar-refractivity contribution in [3.8, 4) is 0 Å². The summed E-state index contributed by atoms with van der Waals surface area (Å²) in [6.07, 6.45) is 10.7. The van der Waals surface area contributed by atoms with Gasteiger partial charge in [0, 0.05) is 19.2 Å². The average molecular weight is 322 g/mol. The third-order valence-electron chi connectivity index (χ3n) is 4.59. The summed E-state index contributed by atoms with van der Waals surface area (Å²) >= 11 is 5.68. The molecular weight excluding hydrogens is 296 g/mol. The second-order valence-electron chi connectivity index (χ2n) is 6.38. The van der Waals surface area contributed by atoms with E-state index in [1.807, 2.05) is 12.1 Å². The van der Waals surface area contributed by atoms with Gasteiger partial charge in [-0.05, 0) is 50.0 Å². The Kier molecular flexibility index (Phi) is 5.73. The number of nitrogens with one attached hydrogen (secondary N) is 1. The maximum absolute atomic E-state index is 5.78. The topological polar surface area (TPSA) is 37.6 Å². The first-order valence-corrected chi connectivity index (χ1v) is 8.91. The number of thiocarbonyl (C=S) groups is 1. The Labute approximate surface area is 138 Å². The van der Waals surface area contributed by atoms with Crippen molar-refractivity contribution < 1.29 is 9.15 Å². The minimum atomic E-state index is 0.293. The molecule has 1 atom stereocenters. The maximum Gasteiger partial charge on any atom is 0.169 e. The molecule has 0 bridgehead atoms. The van der Waals surface area contributed by atoms with Gasteiger partial charge in [-0.2, -0.15) is 0 Å². The van der Waals surface area contributed by atoms with Crippen LogP contribution in [0.3, 0.4) is 0 Å². The van der Waals surface area contributed by atoms with Gasteiger partial charge in [0.05, 0.1) is 18.9 Å². The summed E-state index contributed by atoms with van der Waals surface area (Å²) in [5, 5.41) is 4.41. The van der Waals surface area contributed by atoms with Gasteiger partial charge in [0.1, 0.15) is 5.76 Å². The molecule has 1 aromatic rings. The van der Waals surface area contributed by atoms with Gasteiger partial charge in [-0.15, -0.1) is 0 Å². The summed E-state index contributed by atoms with van der Waals surface area (Å²) in [5.41, 5.74) is 0. The smallest absolute Gasteiger partial charge is 0.169 e. The summed E-state index contributed by atoms with van der Waals surface area (Å²) in [6, 6.07) is 4.47. The lowest BCUT2D eigenvalue weighted by atomic mass is 9.96. The predicted molar refractivity (Wildman–Crippen MR) is 90.7 cm³/mol. The first kappa shape index (κ1) is 15.8. The van der Waals surface area contributed by atoms with E-state index < -0.39 is 0 Å². The summed E-state index contributed by atoms with van der Waals surface area (Å²) in [4.78, 5) is 2.21. The molecule has 3 rings (SSSR count). The van der Waals surface area contributed by atoms with Crippen molar-refractivity contribution in [1.82, 2.24) is 10.2 Å². The highest BCUT2D eigenvalue weighted by atomic mass is 32.1. The Morgan fingerprint density at radius 2 is 2.09 bits per heavy atom. The summed E-state index contributed by atoms with van der Waals surface area (Å²) in [6.45, 7) is 2.44. The fourth-order valence-corrected chi connectivity index (χ4v) is 3.66. The van der Waals surface area contributed by atoms with Crippen molar-refractivity contribution in [2.24, 2.45) is 0 Å². The van der Waals surface area contributed by atoms with Crippen LogP contribution < -0.4 is 5.32 Å². The van der Waals surface area contributed by atoms with Gasteiger partial charge in [-0.1, -0.05) is 19.3 Å². The van der Waals surface area contributed by atoms with Crippen LogP contribution in [-0.4, -0.2) is 35.3 Å². The summed E-state index contributed by atoms with van der Waals surface area (Å²) in [7, 11) is 0. The molecular formula is C17H26N2O2S. The van der Waals surface area contributed by atoms with Crippen LogP contribution in [0.4, 0.5) is 0 Å². The second kappa shape index (κ2) is 7.97. The van der Waals surface area contributed by atoms with Crippen molar-refractivity contribution in [2.75, 3.05) is 13.2 Å². The Morgan fingerprint density at radius 1 is 1.23 bits per heavy atom. The standard InChI is InChI=1S/C17H26N2O2S/c22-17(18-14-6-2-1-3-7-14)19(12-15-8-4-10-20-15)13-16-9-5-11-21-16/h4,8,10,14,16H,1-3,5-7,9,11-13H2,(H,18,22). The summed E-state index contributed by atoms with van der Waals surface area (Å²) in [5.74, 6) is 0.950. The van der Waals surface area contributed by atoms with Gasteiger partial charge in [0.2, 0.25) is 0 Å². The van der Waals surface area contributed by atoms with E-state index in [0.717, 1.165) is 36.9 Å². The third-order valence-corrected chi connectivity index (χ3v) is 4.97. The molecule has 1 aromatic heterocycles. The highest BCUT2D eigenvalue weighted by molar-refractivity contribution is 7.80. The van der Waals surface area contributed by atoms with E-state index in [4.69, 9.17) is 21.4 Å². The van der Waals surface area contributed by atoms with Crippen LogP contribution in [0.2, 0.25) is 0 Å². The van der Waals surface area contributed by atoms with E-state index in [9.17, 15) is 0 Å². The lowest BCUT2D eigenvalue weighted by molar-refractivity contribution is 0.0881. The normalized spacial score (nSPS) is 22.6. The van der Waals surface area contributed by atoms with E-state index in [0.29, 0.717) is 18.7 Å². The lowest BCUT2D eigenvalue weighted by Gasteiger charge is -2.31. The number of ether oxygens (including phenoxy) is 1. The Hall–Kier alpha value is -1.07. The number of nitrogens with zero attached hydrogens (tertiary/aromatic N) is 1. The second-order valence-corrected chi connectivity index (χ2v) is 6.77. The minimum absolute atomic E-state index is 0.293. The first-order chi connectivity index (χ1) is 10.8. The zero-order chi connectivity index (χ0) is 15.2. The van der Waals surface area contributed by atoms with Gasteiger partial charge in [0.15, 0.2) is 5.11 Å².